The summed E-state index contributed by atoms with van der Waals surface area (Å²) in [5.41, 5.74) is 0. The van der Waals surface area contributed by atoms with Crippen molar-refractivity contribution in [3.8, 4) is 0 Å². The van der Waals surface area contributed by atoms with Crippen LogP contribution in [0.5, 0.6) is 0 Å². The van der Waals surface area contributed by atoms with Crippen LogP contribution in [0.2, 0.25) is 0 Å². The molecule has 0 aromatic rings. The molecule has 0 heterocycles. The number of carbonyl (C=O) groups is 3. The molecule has 0 aliphatic carbocycles. The molecule has 0 atom stereocenters. The SMILES string of the molecule is CC=O.CCCC=O.CCCCCCC=O. The second-order valence-electron chi connectivity index (χ2n) is 3.21. The molecule has 0 bridgehead atoms. The quantitative estimate of drug-likeness (QED) is 0.498. The summed E-state index contributed by atoms with van der Waals surface area (Å²) in [5.74, 6) is 0. The molecule has 3 heteroatoms. The first kappa shape index (κ1) is 20.4. The minimum absolute atomic E-state index is 0.708. The van der Waals surface area contributed by atoms with Crippen LogP contribution in [0.25, 0.3) is 0 Å². The van der Waals surface area contributed by atoms with E-state index in [0.29, 0.717) is 6.42 Å². The molecule has 0 saturated carbocycles. The zero-order valence-corrected chi connectivity index (χ0v) is 10.9. The van der Waals surface area contributed by atoms with E-state index >= 15 is 0 Å². The van der Waals surface area contributed by atoms with E-state index in [4.69, 9.17) is 4.79 Å². The summed E-state index contributed by atoms with van der Waals surface area (Å²) in [4.78, 5) is 28.0. The predicted octanol–water partition coefficient (Wildman–Crippen LogP) is 3.35. The van der Waals surface area contributed by atoms with Crippen LogP contribution in [-0.2, 0) is 14.4 Å². The van der Waals surface area contributed by atoms with Gasteiger partial charge in [-0.05, 0) is 19.8 Å². The lowest BCUT2D eigenvalue weighted by Crippen LogP contribution is -1.76. The fraction of sp³-hybridized carbons (Fsp3) is 0.769. The van der Waals surface area contributed by atoms with Crippen LogP contribution >= 0.6 is 0 Å². The lowest BCUT2D eigenvalue weighted by Gasteiger charge is -1.90. The fourth-order valence-corrected chi connectivity index (χ4v) is 0.772. The molecule has 0 radical (unpaired) electrons. The first-order valence-corrected chi connectivity index (χ1v) is 6.02. The Kier molecular flexibility index (Phi) is 37.3. The van der Waals surface area contributed by atoms with E-state index in [-0.39, 0.29) is 0 Å². The maximum absolute atomic E-state index is 9.77. The van der Waals surface area contributed by atoms with Gasteiger partial charge in [0.25, 0.3) is 0 Å². The fourth-order valence-electron chi connectivity index (χ4n) is 0.772. The van der Waals surface area contributed by atoms with Crippen LogP contribution in [0.3, 0.4) is 0 Å². The number of aldehydes is 3. The van der Waals surface area contributed by atoms with Gasteiger partial charge < -0.3 is 14.4 Å². The highest BCUT2D eigenvalue weighted by Crippen LogP contribution is 1.99. The highest BCUT2D eigenvalue weighted by Gasteiger charge is 1.83. The van der Waals surface area contributed by atoms with Crippen LogP contribution in [0.1, 0.15) is 65.7 Å². The average molecular weight is 230 g/mol. The Morgan fingerprint density at radius 3 is 1.50 bits per heavy atom. The van der Waals surface area contributed by atoms with Gasteiger partial charge in [-0.1, -0.05) is 33.1 Å². The molecular weight excluding hydrogens is 204 g/mol. The van der Waals surface area contributed by atoms with Crippen molar-refractivity contribution < 1.29 is 14.4 Å². The van der Waals surface area contributed by atoms with Gasteiger partial charge in [0, 0.05) is 12.8 Å². The van der Waals surface area contributed by atoms with Gasteiger partial charge in [-0.25, -0.2) is 0 Å². The smallest absolute Gasteiger partial charge is 0.119 e. The van der Waals surface area contributed by atoms with Crippen molar-refractivity contribution in [2.45, 2.75) is 65.7 Å². The van der Waals surface area contributed by atoms with E-state index in [0.717, 1.165) is 38.1 Å². The van der Waals surface area contributed by atoms with Gasteiger partial charge in [0.2, 0.25) is 0 Å². The van der Waals surface area contributed by atoms with Crippen molar-refractivity contribution >= 4 is 18.9 Å². The molecule has 96 valence electrons. The summed E-state index contributed by atoms with van der Waals surface area (Å²) >= 11 is 0. The van der Waals surface area contributed by atoms with Crippen molar-refractivity contribution in [1.82, 2.24) is 0 Å². The summed E-state index contributed by atoms with van der Waals surface area (Å²) in [6, 6.07) is 0. The van der Waals surface area contributed by atoms with Crippen molar-refractivity contribution in [2.24, 2.45) is 0 Å². The molecule has 0 rings (SSSR count). The Morgan fingerprint density at radius 1 is 0.750 bits per heavy atom. The van der Waals surface area contributed by atoms with Gasteiger partial charge in [0.1, 0.15) is 18.9 Å². The summed E-state index contributed by atoms with van der Waals surface area (Å²) in [7, 11) is 0. The standard InChI is InChI=1S/C7H14O.C4H8O.C2H4O/c1-2-3-4-5-6-7-8;1-2-3-4-5;1-2-3/h7H,2-6H2,1H3;4H,2-3H2,1H3;2H,1H3. The van der Waals surface area contributed by atoms with Crippen LogP contribution in [-0.4, -0.2) is 18.9 Å². The van der Waals surface area contributed by atoms with Crippen molar-refractivity contribution in [3.63, 3.8) is 0 Å². The van der Waals surface area contributed by atoms with Gasteiger partial charge in [0.05, 0.1) is 0 Å². The summed E-state index contributed by atoms with van der Waals surface area (Å²) in [6.07, 6.45) is 9.93. The Bertz CT molecular complexity index is 133. The maximum atomic E-state index is 9.77. The van der Waals surface area contributed by atoms with E-state index in [1.807, 2.05) is 6.92 Å². The topological polar surface area (TPSA) is 51.2 Å². The molecule has 0 fully saturated rings. The second kappa shape index (κ2) is 29.2. The molecule has 0 aliphatic heterocycles. The van der Waals surface area contributed by atoms with E-state index in [1.165, 1.54) is 26.2 Å². The average Bonchev–Trinajstić information content (AvgIpc) is 2.28. The van der Waals surface area contributed by atoms with Gasteiger partial charge in [-0.15, -0.1) is 0 Å². The molecule has 0 spiro atoms. The molecule has 0 aromatic heterocycles. The highest BCUT2D eigenvalue weighted by molar-refractivity contribution is 5.49. The maximum Gasteiger partial charge on any atom is 0.119 e. The molecule has 3 nitrogen and oxygen atoms in total. The Hall–Kier alpha value is -0.990. The van der Waals surface area contributed by atoms with Crippen molar-refractivity contribution in [1.29, 1.82) is 0 Å². The van der Waals surface area contributed by atoms with Crippen molar-refractivity contribution in [3.05, 3.63) is 0 Å². The summed E-state index contributed by atoms with van der Waals surface area (Å²) < 4.78 is 0. The Balaban J connectivity index is -0.000000181. The van der Waals surface area contributed by atoms with Gasteiger partial charge in [-0.3, -0.25) is 0 Å². The van der Waals surface area contributed by atoms with Crippen LogP contribution in [0.4, 0.5) is 0 Å². The van der Waals surface area contributed by atoms with Crippen LogP contribution in [0, 0.1) is 0 Å². The zero-order valence-electron chi connectivity index (χ0n) is 10.9. The predicted molar refractivity (Wildman–Crippen MR) is 67.5 cm³/mol. The third-order valence-electron chi connectivity index (χ3n) is 1.58. The van der Waals surface area contributed by atoms with Crippen molar-refractivity contribution in [2.75, 3.05) is 0 Å². The first-order valence-electron chi connectivity index (χ1n) is 6.02. The van der Waals surface area contributed by atoms with Gasteiger partial charge in [0.15, 0.2) is 0 Å². The van der Waals surface area contributed by atoms with E-state index < -0.39 is 0 Å². The molecule has 0 N–H and O–H groups in total. The van der Waals surface area contributed by atoms with Gasteiger partial charge in [-0.2, -0.15) is 0 Å². The van der Waals surface area contributed by atoms with Gasteiger partial charge >= 0.3 is 0 Å². The normalized spacial score (nSPS) is 7.69. The zero-order chi connectivity index (χ0) is 13.1. The number of unbranched alkanes of at least 4 members (excludes halogenated alkanes) is 5. The molecule has 16 heavy (non-hydrogen) atoms. The summed E-state index contributed by atoms with van der Waals surface area (Å²) in [6.45, 7) is 5.59. The molecule has 0 aromatic carbocycles. The first-order chi connectivity index (χ1) is 7.74. The number of carbonyl (C=O) groups excluding carboxylic acids is 3. The Morgan fingerprint density at radius 2 is 1.25 bits per heavy atom. The molecule has 0 unspecified atom stereocenters. The lowest BCUT2D eigenvalue weighted by atomic mass is 10.2. The Labute approximate surface area is 99.6 Å². The number of hydrogen-bond donors (Lipinski definition) is 0. The third-order valence-corrected chi connectivity index (χ3v) is 1.58. The highest BCUT2D eigenvalue weighted by atomic mass is 16.1. The van der Waals surface area contributed by atoms with Crippen LogP contribution < -0.4 is 0 Å². The molecule has 0 amide bonds. The minimum atomic E-state index is 0.708. The lowest BCUT2D eigenvalue weighted by molar-refractivity contribution is -0.108. The second-order valence-corrected chi connectivity index (χ2v) is 3.21. The molecule has 0 saturated heterocycles. The molecule has 0 aliphatic rings. The number of rotatable bonds is 7. The van der Waals surface area contributed by atoms with E-state index in [1.54, 1.807) is 0 Å². The largest absolute Gasteiger partial charge is 0.304 e. The number of hydrogen-bond acceptors (Lipinski definition) is 3. The molecular formula is C13H26O3. The third kappa shape index (κ3) is 52.0. The summed E-state index contributed by atoms with van der Waals surface area (Å²) in [5, 5.41) is 0. The monoisotopic (exact) mass is 230 g/mol. The van der Waals surface area contributed by atoms with Crippen LogP contribution in [0.15, 0.2) is 0 Å². The van der Waals surface area contributed by atoms with E-state index in [2.05, 4.69) is 6.92 Å². The minimum Gasteiger partial charge on any atom is -0.304 e. The van der Waals surface area contributed by atoms with E-state index in [9.17, 15) is 9.59 Å².